The van der Waals surface area contributed by atoms with Crippen LogP contribution in [0.4, 0.5) is 0 Å². The molecule has 0 amide bonds. The van der Waals surface area contributed by atoms with Gasteiger partial charge in [-0.3, -0.25) is 0 Å². The quantitative estimate of drug-likeness (QED) is 0.816. The highest BCUT2D eigenvalue weighted by molar-refractivity contribution is 6.42. The molecule has 1 aromatic carbocycles. The summed E-state index contributed by atoms with van der Waals surface area (Å²) in [4.78, 5) is 0. The standard InChI is InChI=1S/C14H19Cl2NO3/c15-12-2-1-10(7-13(12)16)11-8-17-3-5-20-14(11)9-19-6-4-18/h1-2,7,11,14,17-18H,3-6,8-9H2/t11-,14-/m1/s1. The van der Waals surface area contributed by atoms with E-state index in [4.69, 9.17) is 37.8 Å². The van der Waals surface area contributed by atoms with Crippen LogP contribution in [-0.4, -0.2) is 50.7 Å². The van der Waals surface area contributed by atoms with E-state index in [0.717, 1.165) is 18.7 Å². The number of rotatable bonds is 5. The molecule has 20 heavy (non-hydrogen) atoms. The molecule has 0 unspecified atom stereocenters. The molecule has 0 bridgehead atoms. The lowest BCUT2D eigenvalue weighted by Crippen LogP contribution is -2.31. The highest BCUT2D eigenvalue weighted by Crippen LogP contribution is 2.29. The molecule has 2 N–H and O–H groups in total. The maximum Gasteiger partial charge on any atom is 0.0889 e. The van der Waals surface area contributed by atoms with Crippen LogP contribution in [0, 0.1) is 0 Å². The zero-order valence-corrected chi connectivity index (χ0v) is 12.7. The Morgan fingerprint density at radius 3 is 2.95 bits per heavy atom. The molecule has 1 fully saturated rings. The van der Waals surface area contributed by atoms with Gasteiger partial charge in [-0.1, -0.05) is 29.3 Å². The molecule has 1 heterocycles. The first-order valence-electron chi connectivity index (χ1n) is 6.68. The Balaban J connectivity index is 2.12. The average Bonchev–Trinajstić information content (AvgIpc) is 2.68. The highest BCUT2D eigenvalue weighted by Gasteiger charge is 2.26. The van der Waals surface area contributed by atoms with Crippen LogP contribution < -0.4 is 5.32 Å². The third kappa shape index (κ3) is 4.32. The summed E-state index contributed by atoms with van der Waals surface area (Å²) in [7, 11) is 0. The van der Waals surface area contributed by atoms with E-state index >= 15 is 0 Å². The van der Waals surface area contributed by atoms with Gasteiger partial charge >= 0.3 is 0 Å². The number of aliphatic hydroxyl groups excluding tert-OH is 1. The molecule has 112 valence electrons. The third-order valence-corrected chi connectivity index (χ3v) is 4.05. The van der Waals surface area contributed by atoms with Crippen LogP contribution in [0.15, 0.2) is 18.2 Å². The van der Waals surface area contributed by atoms with Crippen LogP contribution in [0.3, 0.4) is 0 Å². The lowest BCUT2D eigenvalue weighted by Gasteiger charge is -2.25. The lowest BCUT2D eigenvalue weighted by molar-refractivity contribution is -0.0262. The van der Waals surface area contributed by atoms with Gasteiger partial charge in [0.2, 0.25) is 0 Å². The van der Waals surface area contributed by atoms with Gasteiger partial charge in [-0.25, -0.2) is 0 Å². The summed E-state index contributed by atoms with van der Waals surface area (Å²) >= 11 is 12.1. The number of aliphatic hydroxyl groups is 1. The second-order valence-electron chi connectivity index (χ2n) is 4.69. The van der Waals surface area contributed by atoms with Crippen molar-refractivity contribution in [2.45, 2.75) is 12.0 Å². The van der Waals surface area contributed by atoms with Crippen LogP contribution in [0.25, 0.3) is 0 Å². The first kappa shape index (κ1) is 16.0. The van der Waals surface area contributed by atoms with Gasteiger partial charge in [0, 0.05) is 19.0 Å². The van der Waals surface area contributed by atoms with Gasteiger partial charge < -0.3 is 19.9 Å². The molecule has 1 saturated heterocycles. The van der Waals surface area contributed by atoms with Crippen molar-refractivity contribution >= 4 is 23.2 Å². The topological polar surface area (TPSA) is 50.7 Å². The van der Waals surface area contributed by atoms with E-state index in [9.17, 15) is 0 Å². The number of hydrogen-bond donors (Lipinski definition) is 2. The summed E-state index contributed by atoms with van der Waals surface area (Å²) in [6.45, 7) is 3.04. The Kier molecular flexibility index (Phi) is 6.55. The summed E-state index contributed by atoms with van der Waals surface area (Å²) in [5, 5.41) is 13.2. The summed E-state index contributed by atoms with van der Waals surface area (Å²) in [5.41, 5.74) is 1.08. The van der Waals surface area contributed by atoms with Crippen molar-refractivity contribution in [3.8, 4) is 0 Å². The van der Waals surface area contributed by atoms with E-state index in [-0.39, 0.29) is 18.6 Å². The van der Waals surface area contributed by atoms with Gasteiger partial charge in [0.15, 0.2) is 0 Å². The van der Waals surface area contributed by atoms with E-state index in [2.05, 4.69) is 5.32 Å². The van der Waals surface area contributed by atoms with E-state index in [1.165, 1.54) is 0 Å². The highest BCUT2D eigenvalue weighted by atomic mass is 35.5. The van der Waals surface area contributed by atoms with Gasteiger partial charge in [0.25, 0.3) is 0 Å². The molecule has 0 spiro atoms. The van der Waals surface area contributed by atoms with Crippen LogP contribution in [-0.2, 0) is 9.47 Å². The third-order valence-electron chi connectivity index (χ3n) is 3.31. The first-order chi connectivity index (χ1) is 9.72. The fraction of sp³-hybridized carbons (Fsp3) is 0.571. The van der Waals surface area contributed by atoms with E-state index in [0.29, 0.717) is 29.9 Å². The molecular formula is C14H19Cl2NO3. The minimum atomic E-state index is -0.0613. The monoisotopic (exact) mass is 319 g/mol. The van der Waals surface area contributed by atoms with Crippen LogP contribution >= 0.6 is 23.2 Å². The smallest absolute Gasteiger partial charge is 0.0889 e. The summed E-state index contributed by atoms with van der Waals surface area (Å²) in [6, 6.07) is 5.65. The van der Waals surface area contributed by atoms with Gasteiger partial charge in [-0.15, -0.1) is 0 Å². The first-order valence-corrected chi connectivity index (χ1v) is 7.44. The number of ether oxygens (including phenoxy) is 2. The van der Waals surface area contributed by atoms with Gasteiger partial charge in [-0.05, 0) is 17.7 Å². The van der Waals surface area contributed by atoms with Gasteiger partial charge in [0.1, 0.15) is 0 Å². The second kappa shape index (κ2) is 8.17. The molecule has 0 saturated carbocycles. The maximum atomic E-state index is 8.79. The largest absolute Gasteiger partial charge is 0.394 e. The predicted molar refractivity (Wildman–Crippen MR) is 79.7 cm³/mol. The fourth-order valence-corrected chi connectivity index (χ4v) is 2.60. The minimum absolute atomic E-state index is 0.0163. The molecule has 0 aliphatic carbocycles. The number of halogens is 2. The minimum Gasteiger partial charge on any atom is -0.394 e. The Morgan fingerprint density at radius 2 is 2.20 bits per heavy atom. The Bertz CT molecular complexity index is 431. The Morgan fingerprint density at radius 1 is 1.35 bits per heavy atom. The van der Waals surface area contributed by atoms with Crippen LogP contribution in [0.2, 0.25) is 10.0 Å². The molecular weight excluding hydrogens is 301 g/mol. The molecule has 0 aromatic heterocycles. The van der Waals surface area contributed by atoms with Crippen molar-refractivity contribution in [1.29, 1.82) is 0 Å². The summed E-state index contributed by atoms with van der Waals surface area (Å²) in [6.07, 6.45) is -0.0613. The predicted octanol–water partition coefficient (Wildman–Crippen LogP) is 2.07. The molecule has 0 radical (unpaired) electrons. The van der Waals surface area contributed by atoms with E-state index in [1.54, 1.807) is 6.07 Å². The molecule has 6 heteroatoms. The number of benzene rings is 1. The van der Waals surface area contributed by atoms with Crippen molar-refractivity contribution in [2.24, 2.45) is 0 Å². The maximum absolute atomic E-state index is 8.79. The van der Waals surface area contributed by atoms with Crippen LogP contribution in [0.5, 0.6) is 0 Å². The van der Waals surface area contributed by atoms with Crippen molar-refractivity contribution in [3.63, 3.8) is 0 Å². The molecule has 1 aliphatic heterocycles. The van der Waals surface area contributed by atoms with E-state index < -0.39 is 0 Å². The number of nitrogens with one attached hydrogen (secondary N) is 1. The molecule has 4 nitrogen and oxygen atoms in total. The van der Waals surface area contributed by atoms with Crippen LogP contribution in [0.1, 0.15) is 11.5 Å². The summed E-state index contributed by atoms with van der Waals surface area (Å²) in [5.74, 6) is 0.144. The van der Waals surface area contributed by atoms with Crippen molar-refractivity contribution in [3.05, 3.63) is 33.8 Å². The average molecular weight is 320 g/mol. The Labute approximate surface area is 129 Å². The van der Waals surface area contributed by atoms with Crippen molar-refractivity contribution in [1.82, 2.24) is 5.32 Å². The summed E-state index contributed by atoms with van der Waals surface area (Å²) < 4.78 is 11.3. The fourth-order valence-electron chi connectivity index (χ4n) is 2.29. The second-order valence-corrected chi connectivity index (χ2v) is 5.51. The van der Waals surface area contributed by atoms with Gasteiger partial charge in [0.05, 0.1) is 42.6 Å². The van der Waals surface area contributed by atoms with E-state index in [1.807, 2.05) is 12.1 Å². The molecule has 1 aromatic rings. The normalized spacial score (nSPS) is 23.6. The van der Waals surface area contributed by atoms with Crippen molar-refractivity contribution < 1.29 is 14.6 Å². The Hall–Kier alpha value is -0.360. The van der Waals surface area contributed by atoms with Crippen molar-refractivity contribution in [2.75, 3.05) is 39.5 Å². The van der Waals surface area contributed by atoms with Gasteiger partial charge in [-0.2, -0.15) is 0 Å². The zero-order chi connectivity index (χ0) is 14.4. The molecule has 2 rings (SSSR count). The number of hydrogen-bond acceptors (Lipinski definition) is 4. The SMILES string of the molecule is OCCOC[C@H]1OCCNC[C@@H]1c1ccc(Cl)c(Cl)c1. The molecule has 2 atom stereocenters. The lowest BCUT2D eigenvalue weighted by atomic mass is 9.93. The zero-order valence-electron chi connectivity index (χ0n) is 11.1. The molecule has 1 aliphatic rings.